The maximum absolute atomic E-state index is 11.5. The lowest BCUT2D eigenvalue weighted by atomic mass is 10.2. The van der Waals surface area contributed by atoms with Crippen molar-refractivity contribution in [2.45, 2.75) is 6.42 Å². The summed E-state index contributed by atoms with van der Waals surface area (Å²) in [7, 11) is 0. The Kier molecular flexibility index (Phi) is 6.01. The van der Waals surface area contributed by atoms with Crippen LogP contribution < -0.4 is 10.6 Å². The van der Waals surface area contributed by atoms with Crippen LogP contribution in [0.3, 0.4) is 0 Å². The van der Waals surface area contributed by atoms with Crippen LogP contribution in [0.25, 0.3) is 0 Å². The maximum atomic E-state index is 11.5. The molecule has 0 aliphatic heterocycles. The van der Waals surface area contributed by atoms with Crippen molar-refractivity contribution < 1.29 is 19.8 Å². The molecule has 0 radical (unpaired) electrons. The monoisotopic (exact) mass is 284 g/mol. The van der Waals surface area contributed by atoms with E-state index >= 15 is 0 Å². The van der Waals surface area contributed by atoms with Crippen molar-refractivity contribution in [3.63, 3.8) is 0 Å². The van der Waals surface area contributed by atoms with E-state index in [1.54, 1.807) is 11.8 Å². The van der Waals surface area contributed by atoms with E-state index in [1.807, 2.05) is 6.26 Å². The van der Waals surface area contributed by atoms with Gasteiger partial charge in [0.1, 0.15) is 11.3 Å². The van der Waals surface area contributed by atoms with Crippen LogP contribution in [0.1, 0.15) is 16.8 Å². The van der Waals surface area contributed by atoms with Gasteiger partial charge in [0.2, 0.25) is 0 Å². The van der Waals surface area contributed by atoms with Crippen LogP contribution >= 0.6 is 11.8 Å². The summed E-state index contributed by atoms with van der Waals surface area (Å²) in [6.07, 6.45) is 2.87. The van der Waals surface area contributed by atoms with Crippen molar-refractivity contribution in [1.82, 2.24) is 5.32 Å². The minimum atomic E-state index is -1.22. The van der Waals surface area contributed by atoms with Gasteiger partial charge in [0.15, 0.2) is 0 Å². The van der Waals surface area contributed by atoms with E-state index < -0.39 is 5.97 Å². The molecular weight excluding hydrogens is 268 g/mol. The second kappa shape index (κ2) is 7.52. The number of carbonyl (C=O) groups is 2. The fourth-order valence-electron chi connectivity index (χ4n) is 1.38. The first kappa shape index (κ1) is 15.2. The van der Waals surface area contributed by atoms with Gasteiger partial charge >= 0.3 is 12.0 Å². The van der Waals surface area contributed by atoms with Crippen LogP contribution in [0.5, 0.6) is 5.75 Å². The van der Waals surface area contributed by atoms with Crippen molar-refractivity contribution in [2.24, 2.45) is 0 Å². The number of rotatable bonds is 6. The molecule has 0 fully saturated rings. The average molecular weight is 284 g/mol. The molecule has 1 rings (SSSR count). The van der Waals surface area contributed by atoms with Crippen LogP contribution in [-0.2, 0) is 0 Å². The fraction of sp³-hybridized carbons (Fsp3) is 0.333. The number of thioether (sulfide) groups is 1. The number of urea groups is 1. The number of carboxylic acid groups (broad SMARTS) is 1. The Balaban J connectivity index is 2.51. The Bertz CT molecular complexity index is 465. The first-order chi connectivity index (χ1) is 9.04. The molecule has 0 aliphatic carbocycles. The third kappa shape index (κ3) is 5.09. The number of nitrogens with one attached hydrogen (secondary N) is 2. The zero-order valence-corrected chi connectivity index (χ0v) is 11.3. The highest BCUT2D eigenvalue weighted by atomic mass is 32.2. The predicted octanol–water partition coefficient (Wildman–Crippen LogP) is 1.96. The number of carboxylic acids is 1. The summed E-state index contributed by atoms with van der Waals surface area (Å²) < 4.78 is 0. The Morgan fingerprint density at radius 2 is 2.11 bits per heavy atom. The van der Waals surface area contributed by atoms with E-state index in [1.165, 1.54) is 18.2 Å². The third-order valence-corrected chi connectivity index (χ3v) is 2.99. The Labute approximate surface area is 115 Å². The summed E-state index contributed by atoms with van der Waals surface area (Å²) >= 11 is 1.70. The largest absolute Gasteiger partial charge is 0.507 e. The topological polar surface area (TPSA) is 98.7 Å². The van der Waals surface area contributed by atoms with E-state index in [0.717, 1.165) is 12.2 Å². The molecule has 4 N–H and O–H groups in total. The quantitative estimate of drug-likeness (QED) is 0.599. The van der Waals surface area contributed by atoms with Crippen molar-refractivity contribution in [3.8, 4) is 5.75 Å². The number of amides is 2. The molecule has 0 unspecified atom stereocenters. The molecule has 0 aromatic heterocycles. The molecule has 19 heavy (non-hydrogen) atoms. The van der Waals surface area contributed by atoms with E-state index in [2.05, 4.69) is 10.6 Å². The van der Waals surface area contributed by atoms with Gasteiger partial charge in [0.05, 0.1) is 0 Å². The van der Waals surface area contributed by atoms with Gasteiger partial charge in [-0.25, -0.2) is 9.59 Å². The van der Waals surface area contributed by atoms with Gasteiger partial charge in [-0.1, -0.05) is 0 Å². The Morgan fingerprint density at radius 1 is 1.37 bits per heavy atom. The number of hydrogen-bond donors (Lipinski definition) is 4. The molecule has 104 valence electrons. The summed E-state index contributed by atoms with van der Waals surface area (Å²) in [4.78, 5) is 22.2. The number of anilines is 1. The first-order valence-corrected chi connectivity index (χ1v) is 7.04. The normalized spacial score (nSPS) is 9.95. The number of aromatic carboxylic acids is 1. The summed E-state index contributed by atoms with van der Waals surface area (Å²) in [5.41, 5.74) is 0.135. The van der Waals surface area contributed by atoms with Crippen LogP contribution in [0.4, 0.5) is 10.5 Å². The predicted molar refractivity (Wildman–Crippen MR) is 75.1 cm³/mol. The fourth-order valence-corrected chi connectivity index (χ4v) is 1.82. The van der Waals surface area contributed by atoms with Crippen LogP contribution in [-0.4, -0.2) is 40.8 Å². The number of phenols is 1. The van der Waals surface area contributed by atoms with E-state index in [0.29, 0.717) is 12.2 Å². The first-order valence-electron chi connectivity index (χ1n) is 5.64. The van der Waals surface area contributed by atoms with Gasteiger partial charge < -0.3 is 20.8 Å². The molecule has 6 nitrogen and oxygen atoms in total. The van der Waals surface area contributed by atoms with Crippen molar-refractivity contribution in [3.05, 3.63) is 23.8 Å². The number of benzene rings is 1. The van der Waals surface area contributed by atoms with Crippen LogP contribution in [0, 0.1) is 0 Å². The molecule has 0 atom stereocenters. The Hall–Kier alpha value is -1.89. The summed E-state index contributed by atoms with van der Waals surface area (Å²) in [5.74, 6) is -0.632. The van der Waals surface area contributed by atoms with Crippen molar-refractivity contribution in [2.75, 3.05) is 23.9 Å². The molecule has 0 saturated heterocycles. The smallest absolute Gasteiger partial charge is 0.339 e. The lowest BCUT2D eigenvalue weighted by molar-refractivity contribution is 0.0694. The molecular formula is C12H16N2O4S. The summed E-state index contributed by atoms with van der Waals surface area (Å²) in [6, 6.07) is 3.47. The SMILES string of the molecule is CSCCCNC(=O)Nc1ccc(C(=O)O)c(O)c1. The highest BCUT2D eigenvalue weighted by Gasteiger charge is 2.10. The molecule has 0 aliphatic rings. The molecule has 1 aromatic rings. The molecule has 0 spiro atoms. The highest BCUT2D eigenvalue weighted by molar-refractivity contribution is 7.98. The van der Waals surface area contributed by atoms with E-state index in [9.17, 15) is 14.7 Å². The lowest BCUT2D eigenvalue weighted by Gasteiger charge is -2.08. The van der Waals surface area contributed by atoms with Gasteiger partial charge in [-0.15, -0.1) is 0 Å². The lowest BCUT2D eigenvalue weighted by Crippen LogP contribution is -2.29. The number of carbonyl (C=O) groups excluding carboxylic acids is 1. The standard InChI is InChI=1S/C12H16N2O4S/c1-19-6-2-5-13-12(18)14-8-3-4-9(11(16)17)10(15)7-8/h3-4,7,15H,2,5-6H2,1H3,(H,16,17)(H2,13,14,18). The van der Waals surface area contributed by atoms with Gasteiger partial charge in [0, 0.05) is 18.3 Å². The zero-order valence-electron chi connectivity index (χ0n) is 10.5. The Morgan fingerprint density at radius 3 is 2.68 bits per heavy atom. The minimum absolute atomic E-state index is 0.203. The zero-order chi connectivity index (χ0) is 14.3. The second-order valence-electron chi connectivity index (χ2n) is 3.76. The molecule has 1 aromatic carbocycles. The number of hydrogen-bond acceptors (Lipinski definition) is 4. The molecule has 0 saturated carbocycles. The van der Waals surface area contributed by atoms with Crippen LogP contribution in [0.2, 0.25) is 0 Å². The average Bonchev–Trinajstić information content (AvgIpc) is 2.34. The minimum Gasteiger partial charge on any atom is -0.507 e. The van der Waals surface area contributed by atoms with Crippen molar-refractivity contribution in [1.29, 1.82) is 0 Å². The van der Waals surface area contributed by atoms with Gasteiger partial charge in [-0.2, -0.15) is 11.8 Å². The van der Waals surface area contributed by atoms with Gasteiger partial charge in [-0.3, -0.25) is 0 Å². The van der Waals surface area contributed by atoms with Crippen LogP contribution in [0.15, 0.2) is 18.2 Å². The van der Waals surface area contributed by atoms with Gasteiger partial charge in [0.25, 0.3) is 0 Å². The second-order valence-corrected chi connectivity index (χ2v) is 4.75. The molecule has 2 amide bonds. The van der Waals surface area contributed by atoms with Gasteiger partial charge in [-0.05, 0) is 30.6 Å². The van der Waals surface area contributed by atoms with E-state index in [-0.39, 0.29) is 17.3 Å². The van der Waals surface area contributed by atoms with E-state index in [4.69, 9.17) is 5.11 Å². The molecule has 0 heterocycles. The number of aromatic hydroxyl groups is 1. The maximum Gasteiger partial charge on any atom is 0.339 e. The third-order valence-electron chi connectivity index (χ3n) is 2.30. The molecule has 7 heteroatoms. The summed E-state index contributed by atoms with van der Waals surface area (Å²) in [6.45, 7) is 0.561. The highest BCUT2D eigenvalue weighted by Crippen LogP contribution is 2.21. The van der Waals surface area contributed by atoms with Crippen molar-refractivity contribution >= 4 is 29.4 Å². The molecule has 0 bridgehead atoms. The summed E-state index contributed by atoms with van der Waals surface area (Å²) in [5, 5.41) is 23.4.